The molecular formula is C17H30O5. The van der Waals surface area contributed by atoms with Gasteiger partial charge in [0.1, 0.15) is 11.7 Å². The molecule has 0 aromatic carbocycles. The van der Waals surface area contributed by atoms with E-state index in [1.807, 2.05) is 6.92 Å². The van der Waals surface area contributed by atoms with Gasteiger partial charge in [-0.3, -0.25) is 4.89 Å². The monoisotopic (exact) mass is 314 g/mol. The fourth-order valence-corrected chi connectivity index (χ4v) is 2.18. The van der Waals surface area contributed by atoms with Gasteiger partial charge in [0.25, 0.3) is 0 Å². The third-order valence-electron chi connectivity index (χ3n) is 3.34. The first kappa shape index (κ1) is 20.6. The molecule has 0 heterocycles. The highest BCUT2D eigenvalue weighted by molar-refractivity contribution is 5.81. The molecule has 0 saturated carbocycles. The van der Waals surface area contributed by atoms with Crippen LogP contribution in [0.1, 0.15) is 66.7 Å². The van der Waals surface area contributed by atoms with Gasteiger partial charge < -0.3 is 4.74 Å². The molecule has 0 aliphatic heterocycles. The van der Waals surface area contributed by atoms with Crippen molar-refractivity contribution in [2.75, 3.05) is 0 Å². The van der Waals surface area contributed by atoms with Crippen LogP contribution in [0.3, 0.4) is 0 Å². The van der Waals surface area contributed by atoms with Crippen molar-refractivity contribution < 1.29 is 24.1 Å². The molecule has 0 bridgehead atoms. The van der Waals surface area contributed by atoms with Crippen LogP contribution >= 0.6 is 0 Å². The molecule has 0 aromatic heterocycles. The summed E-state index contributed by atoms with van der Waals surface area (Å²) in [4.78, 5) is 33.4. The van der Waals surface area contributed by atoms with Crippen LogP contribution in [0.5, 0.6) is 0 Å². The van der Waals surface area contributed by atoms with Gasteiger partial charge in [0.05, 0.1) is 5.92 Å². The molecule has 0 aliphatic carbocycles. The number of esters is 1. The van der Waals surface area contributed by atoms with Crippen molar-refractivity contribution in [1.29, 1.82) is 0 Å². The van der Waals surface area contributed by atoms with Crippen molar-refractivity contribution in [3.63, 3.8) is 0 Å². The number of carbonyl (C=O) groups excluding carboxylic acids is 2. The molecule has 2 unspecified atom stereocenters. The van der Waals surface area contributed by atoms with Gasteiger partial charge in [0.2, 0.25) is 0 Å². The van der Waals surface area contributed by atoms with Crippen LogP contribution in [-0.2, 0) is 24.1 Å². The molecule has 0 radical (unpaired) electrons. The van der Waals surface area contributed by atoms with Crippen molar-refractivity contribution in [3.8, 4) is 0 Å². The van der Waals surface area contributed by atoms with Crippen molar-refractivity contribution >= 4 is 11.9 Å². The third-order valence-corrected chi connectivity index (χ3v) is 3.34. The van der Waals surface area contributed by atoms with Gasteiger partial charge in [-0.25, -0.2) is 9.59 Å². The van der Waals surface area contributed by atoms with E-state index in [0.717, 1.165) is 31.8 Å². The number of ether oxygens (including phenoxy) is 1. The van der Waals surface area contributed by atoms with E-state index in [2.05, 4.69) is 13.5 Å². The summed E-state index contributed by atoms with van der Waals surface area (Å²) in [6, 6.07) is 0. The summed E-state index contributed by atoms with van der Waals surface area (Å²) in [5, 5.41) is 0. The van der Waals surface area contributed by atoms with Crippen LogP contribution in [0.2, 0.25) is 0 Å². The highest BCUT2D eigenvalue weighted by atomic mass is 17.2. The molecule has 2 atom stereocenters. The van der Waals surface area contributed by atoms with Crippen LogP contribution in [0.25, 0.3) is 0 Å². The molecule has 0 fully saturated rings. The van der Waals surface area contributed by atoms with E-state index in [0.29, 0.717) is 6.42 Å². The van der Waals surface area contributed by atoms with Crippen LogP contribution in [-0.4, -0.2) is 23.6 Å². The zero-order valence-corrected chi connectivity index (χ0v) is 14.5. The molecule has 0 spiro atoms. The Labute approximate surface area is 133 Å². The van der Waals surface area contributed by atoms with Crippen molar-refractivity contribution in [1.82, 2.24) is 0 Å². The summed E-state index contributed by atoms with van der Waals surface area (Å²) in [5.41, 5.74) is -0.737. The molecule has 22 heavy (non-hydrogen) atoms. The number of rotatable bonds is 11. The van der Waals surface area contributed by atoms with E-state index < -0.39 is 11.6 Å². The molecule has 0 aromatic rings. The fourth-order valence-electron chi connectivity index (χ4n) is 2.18. The lowest BCUT2D eigenvalue weighted by molar-refractivity contribution is -0.331. The minimum absolute atomic E-state index is 0.133. The molecular weight excluding hydrogens is 284 g/mol. The molecule has 0 saturated heterocycles. The predicted molar refractivity (Wildman–Crippen MR) is 84.9 cm³/mol. The maximum atomic E-state index is 12.0. The Morgan fingerprint density at radius 1 is 1.27 bits per heavy atom. The van der Waals surface area contributed by atoms with Crippen LogP contribution in [0, 0.1) is 5.92 Å². The number of carbonyl (C=O) groups is 2. The zero-order valence-electron chi connectivity index (χ0n) is 14.5. The average Bonchev–Trinajstić information content (AvgIpc) is 2.45. The average molecular weight is 314 g/mol. The van der Waals surface area contributed by atoms with E-state index in [-0.39, 0.29) is 18.0 Å². The first-order valence-electron chi connectivity index (χ1n) is 7.98. The Morgan fingerprint density at radius 3 is 2.41 bits per heavy atom. The van der Waals surface area contributed by atoms with E-state index in [1.165, 1.54) is 0 Å². The molecule has 5 heteroatoms. The summed E-state index contributed by atoms with van der Waals surface area (Å²) < 4.78 is 5.09. The minimum Gasteiger partial charge on any atom is -0.459 e. The van der Waals surface area contributed by atoms with Gasteiger partial charge in [-0.15, -0.1) is 0 Å². The first-order valence-corrected chi connectivity index (χ1v) is 7.98. The normalized spacial score (nSPS) is 14.0. The van der Waals surface area contributed by atoms with Crippen LogP contribution < -0.4 is 0 Å². The molecule has 0 N–H and O–H groups in total. The lowest BCUT2D eigenvalue weighted by Crippen LogP contribution is -2.33. The Bertz CT molecular complexity index is 362. The van der Waals surface area contributed by atoms with Crippen molar-refractivity contribution in [2.45, 2.75) is 78.4 Å². The standard InChI is InChI=1S/C17H30O5/c1-7-10-11-14(8-2)16(19)21-22-17(5,6)12-13(4)20-15(18)9-3/h9,13-14H,3,7-8,10-12H2,1-2,4-6H3. The van der Waals surface area contributed by atoms with Crippen LogP contribution in [0.15, 0.2) is 12.7 Å². The lowest BCUT2D eigenvalue weighted by Gasteiger charge is -2.26. The van der Waals surface area contributed by atoms with Gasteiger partial charge in [0, 0.05) is 12.5 Å². The topological polar surface area (TPSA) is 61.8 Å². The van der Waals surface area contributed by atoms with Gasteiger partial charge in [-0.05, 0) is 33.6 Å². The van der Waals surface area contributed by atoms with Gasteiger partial charge in [-0.2, -0.15) is 4.89 Å². The largest absolute Gasteiger partial charge is 0.459 e. The minimum atomic E-state index is -0.737. The van der Waals surface area contributed by atoms with Gasteiger partial charge in [0.15, 0.2) is 0 Å². The molecule has 5 nitrogen and oxygen atoms in total. The highest BCUT2D eigenvalue weighted by Crippen LogP contribution is 2.21. The third kappa shape index (κ3) is 8.82. The summed E-state index contributed by atoms with van der Waals surface area (Å²) >= 11 is 0. The smallest absolute Gasteiger partial charge is 0.345 e. The zero-order chi connectivity index (χ0) is 17.2. The number of hydrogen-bond acceptors (Lipinski definition) is 5. The van der Waals surface area contributed by atoms with Gasteiger partial charge in [-0.1, -0.05) is 33.3 Å². The molecule has 0 aliphatic rings. The lowest BCUT2D eigenvalue weighted by atomic mass is 10.00. The summed E-state index contributed by atoms with van der Waals surface area (Å²) in [6.45, 7) is 12.7. The number of unbranched alkanes of at least 4 members (excludes halogenated alkanes) is 1. The molecule has 128 valence electrons. The maximum Gasteiger partial charge on any atom is 0.345 e. The maximum absolute atomic E-state index is 12.0. The Hall–Kier alpha value is -1.36. The van der Waals surface area contributed by atoms with E-state index >= 15 is 0 Å². The quantitative estimate of drug-likeness (QED) is 0.250. The van der Waals surface area contributed by atoms with Gasteiger partial charge >= 0.3 is 11.9 Å². The van der Waals surface area contributed by atoms with Crippen molar-refractivity contribution in [2.24, 2.45) is 5.92 Å². The second-order valence-electron chi connectivity index (χ2n) is 6.15. The first-order chi connectivity index (χ1) is 10.3. The molecule has 0 rings (SSSR count). The second kappa shape index (κ2) is 10.4. The number of hydrogen-bond donors (Lipinski definition) is 0. The Kier molecular flexibility index (Phi) is 9.74. The predicted octanol–water partition coefficient (Wildman–Crippen LogP) is 3.96. The SMILES string of the molecule is C=CC(=O)OC(C)CC(C)(C)OOC(=O)C(CC)CCCC. The summed E-state index contributed by atoms with van der Waals surface area (Å²) in [7, 11) is 0. The van der Waals surface area contributed by atoms with Crippen LogP contribution in [0.4, 0.5) is 0 Å². The Morgan fingerprint density at radius 2 is 1.91 bits per heavy atom. The van der Waals surface area contributed by atoms with Crippen molar-refractivity contribution in [3.05, 3.63) is 12.7 Å². The fraction of sp³-hybridized carbons (Fsp3) is 0.765. The highest BCUT2D eigenvalue weighted by Gasteiger charge is 2.28. The van der Waals surface area contributed by atoms with E-state index in [9.17, 15) is 9.59 Å². The summed E-state index contributed by atoms with van der Waals surface area (Å²) in [5.74, 6) is -0.947. The molecule has 0 amide bonds. The second-order valence-corrected chi connectivity index (χ2v) is 6.15. The van der Waals surface area contributed by atoms with E-state index in [4.69, 9.17) is 14.5 Å². The van der Waals surface area contributed by atoms with E-state index in [1.54, 1.807) is 20.8 Å². The Balaban J connectivity index is 4.31. The summed E-state index contributed by atoms with van der Waals surface area (Å²) in [6.07, 6.45) is 4.74.